The van der Waals surface area contributed by atoms with Gasteiger partial charge in [-0.2, -0.15) is 8.42 Å². The highest BCUT2D eigenvalue weighted by atomic mass is 32.2. The monoisotopic (exact) mass is 259 g/mol. The second-order valence-corrected chi connectivity index (χ2v) is 4.72. The van der Waals surface area contributed by atoms with Gasteiger partial charge in [-0.15, -0.1) is 0 Å². The summed E-state index contributed by atoms with van der Waals surface area (Å²) in [6, 6.07) is 5.37. The number of benzene rings is 1. The average molecular weight is 259 g/mol. The van der Waals surface area contributed by atoms with Crippen LogP contribution in [0.3, 0.4) is 0 Å². The zero-order chi connectivity index (χ0) is 12.9. The lowest BCUT2D eigenvalue weighted by atomic mass is 10.3. The predicted molar refractivity (Wildman–Crippen MR) is 61.4 cm³/mol. The largest absolute Gasteiger partial charge is 0.384 e. The van der Waals surface area contributed by atoms with Crippen LogP contribution in [0.2, 0.25) is 0 Å². The minimum absolute atomic E-state index is 0.173. The van der Waals surface area contributed by atoms with Crippen LogP contribution in [0.15, 0.2) is 29.2 Å². The number of hydrogen-bond donors (Lipinski definition) is 2. The summed E-state index contributed by atoms with van der Waals surface area (Å²) in [6.45, 7) is 0.282. The van der Waals surface area contributed by atoms with E-state index in [9.17, 15) is 13.2 Å². The van der Waals surface area contributed by atoms with Crippen molar-refractivity contribution in [2.75, 3.05) is 19.0 Å². The Labute approximate surface area is 99.3 Å². The molecule has 0 spiro atoms. The Bertz CT molecular complexity index is 497. The van der Waals surface area contributed by atoms with Crippen molar-refractivity contribution < 1.29 is 22.5 Å². The Balaban J connectivity index is 2.76. The van der Waals surface area contributed by atoms with E-state index in [-0.39, 0.29) is 23.8 Å². The summed E-state index contributed by atoms with van der Waals surface area (Å²) < 4.78 is 35.3. The van der Waals surface area contributed by atoms with E-state index in [2.05, 4.69) is 5.32 Å². The van der Waals surface area contributed by atoms with E-state index in [1.165, 1.54) is 31.4 Å². The average Bonchev–Trinajstić information content (AvgIpc) is 2.25. The van der Waals surface area contributed by atoms with Gasteiger partial charge in [0.1, 0.15) is 0 Å². The van der Waals surface area contributed by atoms with E-state index in [1.807, 2.05) is 0 Å². The minimum atomic E-state index is -4.25. The van der Waals surface area contributed by atoms with Crippen molar-refractivity contribution in [3.8, 4) is 0 Å². The van der Waals surface area contributed by atoms with Gasteiger partial charge in [0.05, 0.1) is 17.9 Å². The van der Waals surface area contributed by atoms with Gasteiger partial charge in [0.25, 0.3) is 10.1 Å². The Hall–Kier alpha value is -1.44. The van der Waals surface area contributed by atoms with Crippen LogP contribution < -0.4 is 5.32 Å². The summed E-state index contributed by atoms with van der Waals surface area (Å²) in [7, 11) is -2.78. The Morgan fingerprint density at radius 1 is 1.47 bits per heavy atom. The second kappa shape index (κ2) is 5.76. The fourth-order valence-corrected chi connectivity index (χ4v) is 1.68. The van der Waals surface area contributed by atoms with Gasteiger partial charge in [0.15, 0.2) is 0 Å². The lowest BCUT2D eigenvalue weighted by Gasteiger charge is -2.05. The molecule has 0 saturated carbocycles. The van der Waals surface area contributed by atoms with E-state index >= 15 is 0 Å². The first kappa shape index (κ1) is 13.6. The van der Waals surface area contributed by atoms with Crippen LogP contribution in [0, 0.1) is 0 Å². The number of nitrogens with one attached hydrogen (secondary N) is 1. The molecule has 1 rings (SSSR count). The molecule has 0 aliphatic heterocycles. The maximum atomic E-state index is 11.3. The molecule has 0 aliphatic rings. The van der Waals surface area contributed by atoms with Crippen LogP contribution in [0.25, 0.3) is 0 Å². The number of carbonyl (C=O) groups is 1. The molecule has 0 atom stereocenters. The topological polar surface area (TPSA) is 92.7 Å². The van der Waals surface area contributed by atoms with E-state index in [0.717, 1.165) is 0 Å². The van der Waals surface area contributed by atoms with Crippen LogP contribution >= 0.6 is 0 Å². The maximum Gasteiger partial charge on any atom is 0.294 e. The quantitative estimate of drug-likeness (QED) is 0.767. The first-order valence-corrected chi connectivity index (χ1v) is 6.24. The Morgan fingerprint density at radius 3 is 2.76 bits per heavy atom. The summed E-state index contributed by atoms with van der Waals surface area (Å²) in [5.74, 6) is -0.292. The molecule has 0 aromatic heterocycles. The van der Waals surface area contributed by atoms with Crippen molar-refractivity contribution >= 4 is 21.7 Å². The molecule has 0 radical (unpaired) electrons. The van der Waals surface area contributed by atoms with E-state index in [0.29, 0.717) is 5.69 Å². The second-order valence-electron chi connectivity index (χ2n) is 3.29. The summed E-state index contributed by atoms with van der Waals surface area (Å²) in [4.78, 5) is 11.1. The van der Waals surface area contributed by atoms with E-state index < -0.39 is 10.1 Å². The number of ether oxygens (including phenoxy) is 1. The summed E-state index contributed by atoms with van der Waals surface area (Å²) in [5.41, 5.74) is 0.307. The zero-order valence-corrected chi connectivity index (χ0v) is 10.0. The van der Waals surface area contributed by atoms with Gasteiger partial charge in [-0.1, -0.05) is 6.07 Å². The van der Waals surface area contributed by atoms with Crippen LogP contribution in [-0.2, 0) is 19.6 Å². The van der Waals surface area contributed by atoms with Gasteiger partial charge < -0.3 is 10.1 Å². The van der Waals surface area contributed by atoms with Gasteiger partial charge in [-0.3, -0.25) is 9.35 Å². The lowest BCUT2D eigenvalue weighted by molar-refractivity contribution is -0.117. The third-order valence-electron chi connectivity index (χ3n) is 1.95. The molecule has 0 aliphatic carbocycles. The first-order valence-electron chi connectivity index (χ1n) is 4.80. The summed E-state index contributed by atoms with van der Waals surface area (Å²) >= 11 is 0. The fraction of sp³-hybridized carbons (Fsp3) is 0.300. The highest BCUT2D eigenvalue weighted by Gasteiger charge is 2.10. The number of rotatable bonds is 5. The van der Waals surface area contributed by atoms with Gasteiger partial charge in [-0.05, 0) is 18.2 Å². The zero-order valence-electron chi connectivity index (χ0n) is 9.21. The molecule has 1 aromatic rings. The van der Waals surface area contributed by atoms with Crippen LogP contribution in [-0.4, -0.2) is 32.6 Å². The molecule has 17 heavy (non-hydrogen) atoms. The van der Waals surface area contributed by atoms with Crippen molar-refractivity contribution in [3.05, 3.63) is 24.3 Å². The molecule has 0 heterocycles. The van der Waals surface area contributed by atoms with Crippen LogP contribution in [0.5, 0.6) is 0 Å². The predicted octanol–water partition coefficient (Wildman–Crippen LogP) is 0.908. The van der Waals surface area contributed by atoms with Gasteiger partial charge >= 0.3 is 0 Å². The minimum Gasteiger partial charge on any atom is -0.384 e. The SMILES string of the molecule is COCCC(=O)Nc1cccc(S(=O)(=O)O)c1. The molecule has 6 nitrogen and oxygen atoms in total. The number of methoxy groups -OCH3 is 1. The van der Waals surface area contributed by atoms with E-state index in [1.54, 1.807) is 0 Å². The molecule has 0 saturated heterocycles. The van der Waals surface area contributed by atoms with Gasteiger partial charge in [0, 0.05) is 12.8 Å². The highest BCUT2D eigenvalue weighted by Crippen LogP contribution is 2.15. The molecule has 7 heteroatoms. The van der Waals surface area contributed by atoms with Crippen molar-refractivity contribution in [2.24, 2.45) is 0 Å². The van der Waals surface area contributed by atoms with Crippen molar-refractivity contribution in [3.63, 3.8) is 0 Å². The summed E-state index contributed by atoms with van der Waals surface area (Å²) in [5, 5.41) is 2.49. The van der Waals surface area contributed by atoms with Crippen molar-refractivity contribution in [2.45, 2.75) is 11.3 Å². The number of amides is 1. The van der Waals surface area contributed by atoms with E-state index in [4.69, 9.17) is 9.29 Å². The molecule has 0 unspecified atom stereocenters. The number of hydrogen-bond acceptors (Lipinski definition) is 4. The van der Waals surface area contributed by atoms with Gasteiger partial charge in [0.2, 0.25) is 5.91 Å². The van der Waals surface area contributed by atoms with Gasteiger partial charge in [-0.25, -0.2) is 0 Å². The highest BCUT2D eigenvalue weighted by molar-refractivity contribution is 7.85. The fourth-order valence-electron chi connectivity index (χ4n) is 1.15. The Morgan fingerprint density at radius 2 is 2.18 bits per heavy atom. The number of carbonyl (C=O) groups excluding carboxylic acids is 1. The van der Waals surface area contributed by atoms with Crippen LogP contribution in [0.1, 0.15) is 6.42 Å². The molecular weight excluding hydrogens is 246 g/mol. The normalized spacial score (nSPS) is 11.2. The van der Waals surface area contributed by atoms with Crippen LogP contribution in [0.4, 0.5) is 5.69 Å². The van der Waals surface area contributed by atoms with Crippen molar-refractivity contribution in [1.29, 1.82) is 0 Å². The third-order valence-corrected chi connectivity index (χ3v) is 2.80. The third kappa shape index (κ3) is 4.51. The smallest absolute Gasteiger partial charge is 0.294 e. The molecule has 0 bridgehead atoms. The number of anilines is 1. The maximum absolute atomic E-state index is 11.3. The molecule has 94 valence electrons. The van der Waals surface area contributed by atoms with Crippen molar-refractivity contribution in [1.82, 2.24) is 0 Å². The molecular formula is C10H13NO5S. The molecule has 1 aromatic carbocycles. The standard InChI is InChI=1S/C10H13NO5S/c1-16-6-5-10(12)11-8-3-2-4-9(7-8)17(13,14)15/h2-4,7H,5-6H2,1H3,(H,11,12)(H,13,14,15). The molecule has 0 fully saturated rings. The molecule has 1 amide bonds. The summed E-state index contributed by atoms with van der Waals surface area (Å²) in [6.07, 6.45) is 0.173. The lowest BCUT2D eigenvalue weighted by Crippen LogP contribution is -2.13. The molecule has 2 N–H and O–H groups in total. The Kier molecular flexibility index (Phi) is 4.62. The first-order chi connectivity index (χ1) is 7.93.